The molecule has 2 heterocycles. The third-order valence-electron chi connectivity index (χ3n) is 3.62. The Bertz CT molecular complexity index is 909. The fourth-order valence-electron chi connectivity index (χ4n) is 2.49. The van der Waals surface area contributed by atoms with Gasteiger partial charge in [-0.05, 0) is 30.7 Å². The van der Waals surface area contributed by atoms with Crippen LogP contribution in [-0.4, -0.2) is 34.9 Å². The first-order valence-corrected chi connectivity index (χ1v) is 9.78. The number of hydrogen-bond donors (Lipinski definition) is 2. The van der Waals surface area contributed by atoms with Crippen LogP contribution in [0.25, 0.3) is 6.08 Å². The smallest absolute Gasteiger partial charge is 0.255 e. The summed E-state index contributed by atoms with van der Waals surface area (Å²) in [6.45, 7) is 2.00. The number of hydrogen-bond acceptors (Lipinski definition) is 8. The van der Waals surface area contributed by atoms with E-state index in [2.05, 4.69) is 4.98 Å². The van der Waals surface area contributed by atoms with Crippen molar-refractivity contribution in [3.05, 3.63) is 45.3 Å². The summed E-state index contributed by atoms with van der Waals surface area (Å²) in [7, 11) is 0. The second-order valence-electron chi connectivity index (χ2n) is 5.54. The van der Waals surface area contributed by atoms with Crippen LogP contribution in [0.3, 0.4) is 0 Å². The molecule has 27 heavy (non-hydrogen) atoms. The number of amides is 1. The number of primary amides is 1. The van der Waals surface area contributed by atoms with Gasteiger partial charge in [0.2, 0.25) is 0 Å². The summed E-state index contributed by atoms with van der Waals surface area (Å²) in [5, 5.41) is 10.8. The van der Waals surface area contributed by atoms with Crippen LogP contribution in [0.2, 0.25) is 0 Å². The number of allylic oxidation sites excluding steroid dienone is 1. The van der Waals surface area contributed by atoms with Crippen LogP contribution in [0.4, 0.5) is 0 Å². The average Bonchev–Trinajstić information content (AvgIpc) is 3.23. The van der Waals surface area contributed by atoms with Crippen LogP contribution in [0.15, 0.2) is 34.7 Å². The molecule has 140 valence electrons. The maximum absolute atomic E-state index is 12.7. The van der Waals surface area contributed by atoms with Gasteiger partial charge in [0, 0.05) is 11.6 Å². The number of nitrogens with two attached hydrogens (primary N) is 1. The molecule has 3 N–H and O–H groups in total. The minimum Gasteiger partial charge on any atom is -0.490 e. The fraction of sp³-hybridized carbons (Fsp3) is 0.222. The summed E-state index contributed by atoms with van der Waals surface area (Å²) in [4.78, 5) is 28.3. The Morgan fingerprint density at radius 1 is 1.37 bits per heavy atom. The lowest BCUT2D eigenvalue weighted by molar-refractivity contribution is -0.120. The molecule has 0 saturated carbocycles. The van der Waals surface area contributed by atoms with Gasteiger partial charge in [0.25, 0.3) is 5.91 Å². The van der Waals surface area contributed by atoms with Crippen molar-refractivity contribution in [3.8, 4) is 11.5 Å². The van der Waals surface area contributed by atoms with E-state index in [9.17, 15) is 9.59 Å². The zero-order chi connectivity index (χ0) is 19.4. The van der Waals surface area contributed by atoms with Gasteiger partial charge in [-0.2, -0.15) is 0 Å². The van der Waals surface area contributed by atoms with Crippen molar-refractivity contribution in [1.29, 1.82) is 5.41 Å². The lowest BCUT2D eigenvalue weighted by Gasteiger charge is -2.11. The van der Waals surface area contributed by atoms with Gasteiger partial charge >= 0.3 is 0 Å². The van der Waals surface area contributed by atoms with Gasteiger partial charge in [0.15, 0.2) is 23.9 Å². The van der Waals surface area contributed by atoms with Gasteiger partial charge in [0.1, 0.15) is 10.9 Å². The topological polar surface area (TPSA) is 115 Å². The molecule has 1 aliphatic heterocycles. The lowest BCUT2D eigenvalue weighted by Crippen LogP contribution is -2.20. The minimum atomic E-state index is -0.620. The Morgan fingerprint density at radius 2 is 2.19 bits per heavy atom. The van der Waals surface area contributed by atoms with Gasteiger partial charge in [-0.1, -0.05) is 17.8 Å². The Balaban J connectivity index is 1.86. The molecule has 9 heteroatoms. The van der Waals surface area contributed by atoms with E-state index >= 15 is 0 Å². The number of ether oxygens (including phenoxy) is 2. The molecule has 0 aliphatic carbocycles. The molecule has 7 nitrogen and oxygen atoms in total. The number of aromatic nitrogens is 1. The van der Waals surface area contributed by atoms with E-state index in [1.165, 1.54) is 11.3 Å². The third-order valence-corrected chi connectivity index (χ3v) is 5.46. The number of nitrogens with one attached hydrogen (secondary N) is 1. The first-order chi connectivity index (χ1) is 13.0. The van der Waals surface area contributed by atoms with E-state index in [0.717, 1.165) is 17.3 Å². The molecule has 1 aliphatic rings. The zero-order valence-electron chi connectivity index (χ0n) is 14.4. The molecular weight excluding hydrogens is 386 g/mol. The molecule has 0 spiro atoms. The lowest BCUT2D eigenvalue weighted by atomic mass is 10.0. The number of thiazole rings is 1. The molecule has 3 rings (SSSR count). The van der Waals surface area contributed by atoms with E-state index in [1.807, 2.05) is 6.92 Å². The highest BCUT2D eigenvalue weighted by atomic mass is 32.2. The van der Waals surface area contributed by atoms with Crippen molar-refractivity contribution in [2.75, 3.05) is 13.2 Å². The molecule has 1 amide bonds. The fourth-order valence-corrected chi connectivity index (χ4v) is 4.30. The monoisotopic (exact) mass is 403 g/mol. The predicted octanol–water partition coefficient (Wildman–Crippen LogP) is 2.82. The number of carbonyl (C=O) groups is 2. The van der Waals surface area contributed by atoms with Crippen LogP contribution >= 0.6 is 23.1 Å². The maximum Gasteiger partial charge on any atom is 0.255 e. The van der Waals surface area contributed by atoms with Crippen molar-refractivity contribution in [2.45, 2.75) is 12.8 Å². The number of rotatable bonds is 7. The van der Waals surface area contributed by atoms with Crippen LogP contribution in [-0.2, 0) is 9.59 Å². The number of thioether (sulfide) groups is 1. The van der Waals surface area contributed by atoms with Gasteiger partial charge in [-0.15, -0.1) is 11.3 Å². The summed E-state index contributed by atoms with van der Waals surface area (Å²) in [5.41, 5.74) is 5.84. The second kappa shape index (κ2) is 8.36. The molecule has 1 unspecified atom stereocenters. The quantitative estimate of drug-likeness (QED) is 0.687. The molecular formula is C18H17N3O4S2. The van der Waals surface area contributed by atoms with Crippen LogP contribution in [0.1, 0.15) is 23.4 Å². The third kappa shape index (κ3) is 4.37. The highest BCUT2D eigenvalue weighted by Crippen LogP contribution is 2.41. The summed E-state index contributed by atoms with van der Waals surface area (Å²) < 4.78 is 10.9. The second-order valence-corrected chi connectivity index (χ2v) is 7.55. The Kier molecular flexibility index (Phi) is 5.92. The van der Waals surface area contributed by atoms with Crippen LogP contribution in [0.5, 0.6) is 11.5 Å². The highest BCUT2D eigenvalue weighted by molar-refractivity contribution is 8.19. The van der Waals surface area contributed by atoms with Gasteiger partial charge in [-0.3, -0.25) is 15.0 Å². The average molecular weight is 403 g/mol. The number of carbonyl (C=O) groups excluding carboxylic acids is 2. The molecule has 1 aromatic carbocycles. The molecule has 1 aromatic heterocycles. The van der Waals surface area contributed by atoms with Crippen molar-refractivity contribution >= 4 is 45.9 Å². The Labute approximate surface area is 164 Å². The summed E-state index contributed by atoms with van der Waals surface area (Å²) in [6, 6.07) is 5.13. The molecule has 1 fully saturated rings. The molecule has 2 aromatic rings. The number of nitrogens with zero attached hydrogens (tertiary/aromatic N) is 1. The standard InChI is InChI=1S/C18H17N3O4S2/c1-2-24-12-7-10(3-4-11(12)25-9-14(19)22)8-13-16(23)15(17(20)27-13)18-21-5-6-26-18/h3-8,15,20H,2,9H2,1H3,(H2,19,22). The number of Topliss-reactive ketones (excluding diaryl/α,β-unsaturated/α-hetero) is 1. The SMILES string of the molecule is CCOc1cc(C=C2SC(=N)C(c3nccs3)C2=O)ccc1OCC(N)=O. The highest BCUT2D eigenvalue weighted by Gasteiger charge is 2.38. The number of ketones is 1. The zero-order valence-corrected chi connectivity index (χ0v) is 16.1. The number of benzene rings is 1. The van der Waals surface area contributed by atoms with Gasteiger partial charge in [-0.25, -0.2) is 4.98 Å². The van der Waals surface area contributed by atoms with E-state index in [1.54, 1.807) is 35.9 Å². The van der Waals surface area contributed by atoms with Crippen molar-refractivity contribution in [2.24, 2.45) is 5.73 Å². The van der Waals surface area contributed by atoms with E-state index in [-0.39, 0.29) is 17.4 Å². The predicted molar refractivity (Wildman–Crippen MR) is 105 cm³/mol. The largest absolute Gasteiger partial charge is 0.490 e. The summed E-state index contributed by atoms with van der Waals surface area (Å²) >= 11 is 2.51. The Hall–Kier alpha value is -2.65. The molecule has 1 atom stereocenters. The first kappa shape index (κ1) is 19.1. The van der Waals surface area contributed by atoms with E-state index < -0.39 is 11.8 Å². The van der Waals surface area contributed by atoms with E-state index in [0.29, 0.717) is 28.0 Å². The van der Waals surface area contributed by atoms with E-state index in [4.69, 9.17) is 20.6 Å². The molecule has 0 radical (unpaired) electrons. The maximum atomic E-state index is 12.7. The van der Waals surface area contributed by atoms with Gasteiger partial charge in [0.05, 0.1) is 16.6 Å². The minimum absolute atomic E-state index is 0.132. The van der Waals surface area contributed by atoms with Crippen LogP contribution < -0.4 is 15.2 Å². The summed E-state index contributed by atoms with van der Waals surface area (Å²) in [5.74, 6) is -0.479. The van der Waals surface area contributed by atoms with Gasteiger partial charge < -0.3 is 15.2 Å². The van der Waals surface area contributed by atoms with Crippen molar-refractivity contribution < 1.29 is 19.1 Å². The molecule has 0 bridgehead atoms. The summed E-state index contributed by atoms with van der Waals surface area (Å²) in [6.07, 6.45) is 3.35. The normalized spacial score (nSPS) is 18.1. The van der Waals surface area contributed by atoms with Crippen molar-refractivity contribution in [3.63, 3.8) is 0 Å². The molecule has 1 saturated heterocycles. The Morgan fingerprint density at radius 3 is 2.85 bits per heavy atom. The first-order valence-electron chi connectivity index (χ1n) is 8.09. The van der Waals surface area contributed by atoms with Crippen LogP contribution in [0, 0.1) is 5.41 Å². The van der Waals surface area contributed by atoms with Crippen molar-refractivity contribution in [1.82, 2.24) is 4.98 Å².